The summed E-state index contributed by atoms with van der Waals surface area (Å²) < 4.78 is 19.1. The quantitative estimate of drug-likeness (QED) is 0.848. The molecular formula is C19H27FN2O2. The summed E-state index contributed by atoms with van der Waals surface area (Å²) in [5.74, 6) is -0.263. The summed E-state index contributed by atoms with van der Waals surface area (Å²) in [7, 11) is 3.94. The number of benzene rings is 1. The molecule has 0 unspecified atom stereocenters. The highest BCUT2D eigenvalue weighted by Gasteiger charge is 2.46. The smallest absolute Gasteiger partial charge is 0.227 e. The first-order valence-corrected chi connectivity index (χ1v) is 8.79. The number of hydrogen-bond acceptors (Lipinski definition) is 3. The molecule has 0 aliphatic carbocycles. The van der Waals surface area contributed by atoms with Crippen LogP contribution in [0.2, 0.25) is 0 Å². The Kier molecular flexibility index (Phi) is 5.21. The number of ether oxygens (including phenoxy) is 1. The van der Waals surface area contributed by atoms with Crippen molar-refractivity contribution in [3.8, 4) is 0 Å². The summed E-state index contributed by atoms with van der Waals surface area (Å²) in [5, 5.41) is 0. The van der Waals surface area contributed by atoms with E-state index in [1.807, 2.05) is 4.90 Å². The fourth-order valence-corrected chi connectivity index (χ4v) is 4.27. The molecule has 2 saturated heterocycles. The molecule has 2 heterocycles. The summed E-state index contributed by atoms with van der Waals surface area (Å²) in [5.41, 5.74) is 0.693. The molecular weight excluding hydrogens is 307 g/mol. The number of likely N-dealkylation sites (tertiary alicyclic amines) is 2. The molecule has 5 heteroatoms. The molecule has 132 valence electrons. The molecule has 2 aliphatic heterocycles. The third kappa shape index (κ3) is 3.33. The van der Waals surface area contributed by atoms with Crippen LogP contribution in [0.4, 0.5) is 4.39 Å². The van der Waals surface area contributed by atoms with Crippen LogP contribution in [0.1, 0.15) is 31.2 Å². The van der Waals surface area contributed by atoms with Crippen LogP contribution in [0.25, 0.3) is 0 Å². The minimum Gasteiger partial charge on any atom is -0.383 e. The fourth-order valence-electron chi connectivity index (χ4n) is 4.27. The highest BCUT2D eigenvalue weighted by Crippen LogP contribution is 2.40. The maximum atomic E-state index is 13.7. The number of likely N-dealkylation sites (N-methyl/N-ethyl adjacent to an activating group) is 1. The monoisotopic (exact) mass is 334 g/mol. The number of halogens is 1. The van der Waals surface area contributed by atoms with Gasteiger partial charge in [0.25, 0.3) is 0 Å². The zero-order valence-corrected chi connectivity index (χ0v) is 14.6. The number of methoxy groups -OCH3 is 1. The van der Waals surface area contributed by atoms with E-state index in [0.29, 0.717) is 11.6 Å². The van der Waals surface area contributed by atoms with Crippen LogP contribution in [-0.2, 0) is 16.0 Å². The lowest BCUT2D eigenvalue weighted by Gasteiger charge is -2.45. The van der Waals surface area contributed by atoms with E-state index < -0.39 is 0 Å². The van der Waals surface area contributed by atoms with Gasteiger partial charge in [-0.05, 0) is 44.4 Å². The number of nitrogens with zero attached hydrogens (tertiary/aromatic N) is 2. The van der Waals surface area contributed by atoms with Gasteiger partial charge >= 0.3 is 0 Å². The van der Waals surface area contributed by atoms with Crippen LogP contribution in [0.3, 0.4) is 0 Å². The fraction of sp³-hybridized carbons (Fsp3) is 0.632. The molecule has 1 aromatic carbocycles. The predicted molar refractivity (Wildman–Crippen MR) is 91.3 cm³/mol. The Morgan fingerprint density at radius 1 is 1.29 bits per heavy atom. The van der Waals surface area contributed by atoms with E-state index in [0.717, 1.165) is 39.0 Å². The van der Waals surface area contributed by atoms with Crippen LogP contribution in [-0.4, -0.2) is 61.1 Å². The van der Waals surface area contributed by atoms with Gasteiger partial charge in [0.05, 0.1) is 13.0 Å². The summed E-state index contributed by atoms with van der Waals surface area (Å²) in [6.45, 7) is 2.29. The molecule has 0 N–H and O–H groups in total. The van der Waals surface area contributed by atoms with Gasteiger partial charge in [0.15, 0.2) is 0 Å². The molecule has 2 aliphatic rings. The van der Waals surface area contributed by atoms with Crippen LogP contribution in [0, 0.1) is 5.82 Å². The number of carbonyl (C=O) groups is 1. The molecule has 24 heavy (non-hydrogen) atoms. The van der Waals surface area contributed by atoms with Crippen LogP contribution in [0.15, 0.2) is 24.3 Å². The van der Waals surface area contributed by atoms with Crippen molar-refractivity contribution in [1.29, 1.82) is 0 Å². The molecule has 4 nitrogen and oxygen atoms in total. The van der Waals surface area contributed by atoms with E-state index in [9.17, 15) is 9.18 Å². The van der Waals surface area contributed by atoms with Gasteiger partial charge in [-0.1, -0.05) is 18.2 Å². The molecule has 3 rings (SSSR count). The molecule has 2 fully saturated rings. The maximum absolute atomic E-state index is 13.7. The van der Waals surface area contributed by atoms with Crippen LogP contribution in [0.5, 0.6) is 0 Å². The van der Waals surface area contributed by atoms with E-state index in [4.69, 9.17) is 4.74 Å². The number of hydrogen-bond donors (Lipinski definition) is 0. The second-order valence-corrected chi connectivity index (χ2v) is 7.13. The number of amides is 1. The Hall–Kier alpha value is -1.46. The van der Waals surface area contributed by atoms with Crippen molar-refractivity contribution in [2.24, 2.45) is 0 Å². The highest BCUT2D eigenvalue weighted by atomic mass is 19.1. The Labute approximate surface area is 143 Å². The average Bonchev–Trinajstić information content (AvgIpc) is 2.88. The summed E-state index contributed by atoms with van der Waals surface area (Å²) >= 11 is 0. The van der Waals surface area contributed by atoms with Crippen molar-refractivity contribution in [1.82, 2.24) is 9.80 Å². The number of rotatable bonds is 4. The van der Waals surface area contributed by atoms with Crippen LogP contribution >= 0.6 is 0 Å². The minimum absolute atomic E-state index is 0.0315. The second-order valence-electron chi connectivity index (χ2n) is 7.13. The molecule has 1 atom stereocenters. The van der Waals surface area contributed by atoms with Gasteiger partial charge in [-0.15, -0.1) is 0 Å². The largest absolute Gasteiger partial charge is 0.383 e. The summed E-state index contributed by atoms with van der Waals surface area (Å²) in [4.78, 5) is 16.9. The van der Waals surface area contributed by atoms with Crippen molar-refractivity contribution in [2.75, 3.05) is 33.9 Å². The lowest BCUT2D eigenvalue weighted by molar-refractivity contribution is -0.133. The van der Waals surface area contributed by atoms with Gasteiger partial charge in [-0.25, -0.2) is 4.39 Å². The third-order valence-electron chi connectivity index (χ3n) is 5.94. The van der Waals surface area contributed by atoms with Gasteiger partial charge in [-0.2, -0.15) is 0 Å². The average molecular weight is 334 g/mol. The van der Waals surface area contributed by atoms with Gasteiger partial charge in [-0.3, -0.25) is 9.69 Å². The van der Waals surface area contributed by atoms with Gasteiger partial charge < -0.3 is 9.64 Å². The standard InChI is InChI=1S/C19H27FN2O2/c1-21-16(14-24-2)7-8-19(21)9-11-22(12-10-19)18(23)13-15-5-3-4-6-17(15)20/h3-6,16H,7-14H2,1-2H3/t16-/m0/s1. The maximum Gasteiger partial charge on any atom is 0.227 e. The number of carbonyl (C=O) groups excluding carboxylic acids is 1. The van der Waals surface area contributed by atoms with Gasteiger partial charge in [0, 0.05) is 31.8 Å². The lowest BCUT2D eigenvalue weighted by Crippen LogP contribution is -2.54. The molecule has 1 aromatic rings. The first kappa shape index (κ1) is 17.4. The van der Waals surface area contributed by atoms with E-state index >= 15 is 0 Å². The van der Waals surface area contributed by atoms with Gasteiger partial charge in [0.2, 0.25) is 5.91 Å². The molecule has 0 bridgehead atoms. The van der Waals surface area contributed by atoms with Gasteiger partial charge in [0.1, 0.15) is 5.82 Å². The van der Waals surface area contributed by atoms with Crippen LogP contribution < -0.4 is 0 Å². The summed E-state index contributed by atoms with van der Waals surface area (Å²) in [6.07, 6.45) is 4.47. The van der Waals surface area contributed by atoms with E-state index in [2.05, 4.69) is 11.9 Å². The Morgan fingerprint density at radius 3 is 2.67 bits per heavy atom. The van der Waals surface area contributed by atoms with Crippen molar-refractivity contribution in [3.63, 3.8) is 0 Å². The zero-order chi connectivity index (χ0) is 17.2. The van der Waals surface area contributed by atoms with E-state index in [-0.39, 0.29) is 23.7 Å². The minimum atomic E-state index is -0.294. The molecule has 0 saturated carbocycles. The molecule has 0 radical (unpaired) electrons. The Morgan fingerprint density at radius 2 is 2.00 bits per heavy atom. The predicted octanol–water partition coefficient (Wildman–Crippen LogP) is 2.47. The first-order chi connectivity index (χ1) is 11.6. The van der Waals surface area contributed by atoms with E-state index in [1.54, 1.807) is 25.3 Å². The normalized spacial score (nSPS) is 23.8. The van der Waals surface area contributed by atoms with Crippen molar-refractivity contribution >= 4 is 5.91 Å². The van der Waals surface area contributed by atoms with Crippen molar-refractivity contribution in [3.05, 3.63) is 35.6 Å². The lowest BCUT2D eigenvalue weighted by atomic mass is 9.85. The zero-order valence-electron chi connectivity index (χ0n) is 14.6. The summed E-state index contributed by atoms with van der Waals surface area (Å²) in [6, 6.07) is 7.02. The Balaban J connectivity index is 1.57. The third-order valence-corrected chi connectivity index (χ3v) is 5.94. The topological polar surface area (TPSA) is 32.8 Å². The SMILES string of the molecule is COC[C@@H]1CCC2(CCN(C(=O)Cc3ccccc3F)CC2)N1C. The number of piperidine rings is 1. The van der Waals surface area contributed by atoms with Crippen molar-refractivity contribution in [2.45, 2.75) is 43.7 Å². The Bertz CT molecular complexity index is 584. The second kappa shape index (κ2) is 7.19. The highest BCUT2D eigenvalue weighted by molar-refractivity contribution is 5.79. The first-order valence-electron chi connectivity index (χ1n) is 8.79. The molecule has 1 amide bonds. The molecule has 1 spiro atoms. The van der Waals surface area contributed by atoms with Crippen molar-refractivity contribution < 1.29 is 13.9 Å². The van der Waals surface area contributed by atoms with E-state index in [1.165, 1.54) is 12.5 Å². The molecule has 0 aromatic heterocycles.